The van der Waals surface area contributed by atoms with E-state index in [1.165, 1.54) is 11.3 Å². The molecule has 1 N–H and O–H groups in total. The summed E-state index contributed by atoms with van der Waals surface area (Å²) >= 11 is 1.48. The van der Waals surface area contributed by atoms with Gasteiger partial charge in [0, 0.05) is 13.1 Å². The van der Waals surface area contributed by atoms with E-state index in [2.05, 4.69) is 13.8 Å². The number of β-amino-alcohol motifs (C(OH)–C–C–N with tert-alkyl or cyclic N) is 1. The maximum atomic E-state index is 12.3. The molecule has 0 spiro atoms. The van der Waals surface area contributed by atoms with Crippen LogP contribution < -0.4 is 0 Å². The minimum atomic E-state index is -0.430. The van der Waals surface area contributed by atoms with E-state index in [1.807, 2.05) is 18.4 Å². The Morgan fingerprint density at radius 1 is 1.59 bits per heavy atom. The third-order valence-electron chi connectivity index (χ3n) is 3.66. The average molecular weight is 253 g/mol. The number of carbonyl (C=O) groups is 1. The Balaban J connectivity index is 2.11. The summed E-state index contributed by atoms with van der Waals surface area (Å²) in [4.78, 5) is 14.8. The molecule has 2 rings (SSSR count). The van der Waals surface area contributed by atoms with Gasteiger partial charge in [0.2, 0.25) is 0 Å². The summed E-state index contributed by atoms with van der Waals surface area (Å²) in [6.07, 6.45) is 0.421. The predicted molar refractivity (Wildman–Crippen MR) is 69.4 cm³/mol. The van der Waals surface area contributed by atoms with Crippen LogP contribution in [-0.2, 0) is 0 Å². The van der Waals surface area contributed by atoms with Crippen molar-refractivity contribution in [1.82, 2.24) is 4.90 Å². The van der Waals surface area contributed by atoms with E-state index < -0.39 is 6.10 Å². The van der Waals surface area contributed by atoms with E-state index in [0.717, 1.165) is 23.4 Å². The lowest BCUT2D eigenvalue weighted by atomic mass is 9.80. The Hall–Kier alpha value is -0.870. The van der Waals surface area contributed by atoms with E-state index >= 15 is 0 Å². The lowest BCUT2D eigenvalue weighted by molar-refractivity contribution is -0.0189. The average Bonchev–Trinajstić information content (AvgIpc) is 2.68. The monoisotopic (exact) mass is 253 g/mol. The van der Waals surface area contributed by atoms with Gasteiger partial charge in [0.1, 0.15) is 0 Å². The molecule has 0 aliphatic carbocycles. The molecule has 1 aromatic rings. The molecular formula is C13H19NO2S. The molecule has 94 valence electrons. The van der Waals surface area contributed by atoms with Crippen LogP contribution in [0.15, 0.2) is 11.4 Å². The van der Waals surface area contributed by atoms with Crippen LogP contribution in [0.25, 0.3) is 0 Å². The fourth-order valence-corrected chi connectivity index (χ4v) is 2.95. The number of amides is 1. The molecule has 1 aliphatic rings. The molecule has 4 heteroatoms. The highest BCUT2D eigenvalue weighted by Gasteiger charge is 2.36. The highest BCUT2D eigenvalue weighted by Crippen LogP contribution is 2.31. The van der Waals surface area contributed by atoms with Crippen LogP contribution in [0.2, 0.25) is 0 Å². The largest absolute Gasteiger partial charge is 0.391 e. The molecule has 0 bridgehead atoms. The molecule has 1 atom stereocenters. The molecule has 1 aromatic heterocycles. The number of likely N-dealkylation sites (tertiary alicyclic amines) is 1. The second-order valence-corrected chi connectivity index (χ2v) is 6.35. The van der Waals surface area contributed by atoms with Gasteiger partial charge in [-0.1, -0.05) is 13.8 Å². The summed E-state index contributed by atoms with van der Waals surface area (Å²) < 4.78 is 0. The standard InChI is InChI=1S/C13H19NO2S/c1-9-4-7-17-11(9)12(16)14-6-5-13(2,3)10(15)8-14/h4,7,10,15H,5-6,8H2,1-3H3. The first-order chi connectivity index (χ1) is 7.92. The van der Waals surface area contributed by atoms with Crippen molar-refractivity contribution < 1.29 is 9.90 Å². The molecule has 2 heterocycles. The molecule has 17 heavy (non-hydrogen) atoms. The van der Waals surface area contributed by atoms with E-state index in [0.29, 0.717) is 6.54 Å². The summed E-state index contributed by atoms with van der Waals surface area (Å²) in [5.41, 5.74) is 0.945. The number of aliphatic hydroxyl groups excluding tert-OH is 1. The molecule has 0 aromatic carbocycles. The Labute approximate surface area is 106 Å². The van der Waals surface area contributed by atoms with Gasteiger partial charge in [-0.25, -0.2) is 0 Å². The molecule has 0 saturated carbocycles. The number of hydrogen-bond acceptors (Lipinski definition) is 3. The van der Waals surface area contributed by atoms with E-state index in [4.69, 9.17) is 0 Å². The van der Waals surface area contributed by atoms with Crippen molar-refractivity contribution in [3.63, 3.8) is 0 Å². The summed E-state index contributed by atoms with van der Waals surface area (Å²) in [6, 6.07) is 1.96. The van der Waals surface area contributed by atoms with Gasteiger partial charge < -0.3 is 10.0 Å². The Kier molecular flexibility index (Phi) is 3.27. The lowest BCUT2D eigenvalue weighted by Gasteiger charge is -2.41. The number of nitrogens with zero attached hydrogens (tertiary/aromatic N) is 1. The van der Waals surface area contributed by atoms with Crippen LogP contribution in [-0.4, -0.2) is 35.1 Å². The van der Waals surface area contributed by atoms with Crippen molar-refractivity contribution in [1.29, 1.82) is 0 Å². The topological polar surface area (TPSA) is 40.5 Å². The molecule has 1 aliphatic heterocycles. The normalized spacial score (nSPS) is 23.8. The number of hydrogen-bond donors (Lipinski definition) is 1. The zero-order chi connectivity index (χ0) is 12.6. The third-order valence-corrected chi connectivity index (χ3v) is 4.67. The van der Waals surface area contributed by atoms with Crippen LogP contribution in [0, 0.1) is 12.3 Å². The van der Waals surface area contributed by atoms with Crippen molar-refractivity contribution in [3.05, 3.63) is 21.9 Å². The lowest BCUT2D eigenvalue weighted by Crippen LogP contribution is -2.50. The van der Waals surface area contributed by atoms with Gasteiger partial charge in [-0.05, 0) is 35.8 Å². The van der Waals surface area contributed by atoms with Crippen LogP contribution in [0.1, 0.15) is 35.5 Å². The maximum Gasteiger partial charge on any atom is 0.264 e. The smallest absolute Gasteiger partial charge is 0.264 e. The Morgan fingerprint density at radius 3 is 2.82 bits per heavy atom. The van der Waals surface area contributed by atoms with Gasteiger partial charge in [0.05, 0.1) is 11.0 Å². The van der Waals surface area contributed by atoms with Crippen LogP contribution in [0.4, 0.5) is 0 Å². The number of carbonyl (C=O) groups excluding carboxylic acids is 1. The van der Waals surface area contributed by atoms with Crippen LogP contribution in [0.5, 0.6) is 0 Å². The summed E-state index contributed by atoms with van der Waals surface area (Å²) in [7, 11) is 0. The summed E-state index contributed by atoms with van der Waals surface area (Å²) in [5, 5.41) is 12.0. The van der Waals surface area contributed by atoms with Crippen LogP contribution in [0.3, 0.4) is 0 Å². The maximum absolute atomic E-state index is 12.3. The summed E-state index contributed by atoms with van der Waals surface area (Å²) in [6.45, 7) is 7.24. The molecule has 1 saturated heterocycles. The van der Waals surface area contributed by atoms with Crippen molar-refractivity contribution in [2.75, 3.05) is 13.1 Å². The molecule has 0 radical (unpaired) electrons. The number of piperidine rings is 1. The second kappa shape index (κ2) is 4.42. The zero-order valence-corrected chi connectivity index (χ0v) is 11.4. The van der Waals surface area contributed by atoms with Gasteiger partial charge in [-0.2, -0.15) is 0 Å². The number of aliphatic hydroxyl groups is 1. The van der Waals surface area contributed by atoms with Gasteiger partial charge in [-0.3, -0.25) is 4.79 Å². The predicted octanol–water partition coefficient (Wildman–Crippen LogP) is 2.29. The van der Waals surface area contributed by atoms with E-state index in [-0.39, 0.29) is 11.3 Å². The fraction of sp³-hybridized carbons (Fsp3) is 0.615. The fourth-order valence-electron chi connectivity index (χ4n) is 2.06. The molecule has 3 nitrogen and oxygen atoms in total. The summed E-state index contributed by atoms with van der Waals surface area (Å²) in [5.74, 6) is 0.0621. The Bertz CT molecular complexity index is 425. The number of thiophene rings is 1. The van der Waals surface area contributed by atoms with Gasteiger partial charge in [0.15, 0.2) is 0 Å². The van der Waals surface area contributed by atoms with Crippen LogP contribution >= 0.6 is 11.3 Å². The zero-order valence-electron chi connectivity index (χ0n) is 10.6. The molecule has 1 fully saturated rings. The molecule has 1 unspecified atom stereocenters. The minimum absolute atomic E-state index is 0.0621. The second-order valence-electron chi connectivity index (χ2n) is 5.44. The SMILES string of the molecule is Cc1ccsc1C(=O)N1CCC(C)(C)C(O)C1. The minimum Gasteiger partial charge on any atom is -0.391 e. The van der Waals surface area contributed by atoms with Crippen molar-refractivity contribution in [2.45, 2.75) is 33.3 Å². The van der Waals surface area contributed by atoms with E-state index in [1.54, 1.807) is 4.90 Å². The van der Waals surface area contributed by atoms with Crippen molar-refractivity contribution in [3.8, 4) is 0 Å². The molecular weight excluding hydrogens is 234 g/mol. The quantitative estimate of drug-likeness (QED) is 0.834. The Morgan fingerprint density at radius 2 is 2.29 bits per heavy atom. The molecule has 1 amide bonds. The van der Waals surface area contributed by atoms with Crippen molar-refractivity contribution in [2.24, 2.45) is 5.41 Å². The highest BCUT2D eigenvalue weighted by molar-refractivity contribution is 7.12. The van der Waals surface area contributed by atoms with E-state index in [9.17, 15) is 9.90 Å². The first-order valence-electron chi connectivity index (χ1n) is 5.93. The first-order valence-corrected chi connectivity index (χ1v) is 6.81. The number of aryl methyl sites for hydroxylation is 1. The van der Waals surface area contributed by atoms with Gasteiger partial charge in [0.25, 0.3) is 5.91 Å². The highest BCUT2D eigenvalue weighted by atomic mass is 32.1. The third kappa shape index (κ3) is 2.38. The first kappa shape index (κ1) is 12.6. The van der Waals surface area contributed by atoms with Crippen molar-refractivity contribution >= 4 is 17.2 Å². The van der Waals surface area contributed by atoms with Gasteiger partial charge in [-0.15, -0.1) is 11.3 Å². The number of rotatable bonds is 1. The van der Waals surface area contributed by atoms with Gasteiger partial charge >= 0.3 is 0 Å².